The number of anilines is 2. The third kappa shape index (κ3) is 4.93. The molecule has 27 heavy (non-hydrogen) atoms. The van der Waals surface area contributed by atoms with E-state index in [4.69, 9.17) is 27.9 Å². The smallest absolute Gasteiger partial charge is 0.325 e. The molecule has 1 heterocycles. The summed E-state index contributed by atoms with van der Waals surface area (Å²) in [7, 11) is 1.55. The average molecular weight is 405 g/mol. The zero-order chi connectivity index (χ0) is 19.4. The number of urea groups is 1. The molecule has 0 fully saturated rings. The minimum absolute atomic E-state index is 0.409. The molecule has 0 aliphatic rings. The van der Waals surface area contributed by atoms with Gasteiger partial charge in [0.05, 0.1) is 19.3 Å². The fraction of sp³-hybridized carbons (Fsp3) is 0.158. The molecule has 0 bridgehead atoms. The fourth-order valence-corrected chi connectivity index (χ4v) is 3.00. The monoisotopic (exact) mass is 404 g/mol. The Morgan fingerprint density at radius 1 is 1.15 bits per heavy atom. The van der Waals surface area contributed by atoms with Crippen LogP contribution in [0.5, 0.6) is 5.75 Å². The molecule has 6 nitrogen and oxygen atoms in total. The Balaban J connectivity index is 1.65. The Labute approximate surface area is 167 Å². The molecule has 0 aliphatic carbocycles. The van der Waals surface area contributed by atoms with Crippen LogP contribution in [0, 0.1) is 6.92 Å². The van der Waals surface area contributed by atoms with E-state index in [0.29, 0.717) is 33.8 Å². The number of nitrogens with zero attached hydrogens (tertiary/aromatic N) is 2. The number of rotatable bonds is 5. The van der Waals surface area contributed by atoms with Gasteiger partial charge < -0.3 is 10.1 Å². The molecule has 3 rings (SSSR count). The van der Waals surface area contributed by atoms with Gasteiger partial charge in [0.1, 0.15) is 5.75 Å². The van der Waals surface area contributed by atoms with Crippen LogP contribution in [0.3, 0.4) is 0 Å². The van der Waals surface area contributed by atoms with Crippen molar-refractivity contribution in [1.82, 2.24) is 9.78 Å². The topological polar surface area (TPSA) is 68.2 Å². The summed E-state index contributed by atoms with van der Waals surface area (Å²) in [5, 5.41) is 10.9. The Morgan fingerprint density at radius 2 is 1.96 bits per heavy atom. The van der Waals surface area contributed by atoms with Crippen LogP contribution in [-0.2, 0) is 6.54 Å². The highest BCUT2D eigenvalue weighted by atomic mass is 35.5. The summed E-state index contributed by atoms with van der Waals surface area (Å²) in [5.41, 5.74) is 2.47. The number of ether oxygens (including phenoxy) is 1. The van der Waals surface area contributed by atoms with Crippen molar-refractivity contribution in [2.45, 2.75) is 13.5 Å². The lowest BCUT2D eigenvalue weighted by Gasteiger charge is -2.11. The Bertz CT molecular complexity index is 972. The zero-order valence-electron chi connectivity index (χ0n) is 14.8. The van der Waals surface area contributed by atoms with Crippen molar-refractivity contribution in [2.24, 2.45) is 0 Å². The predicted octanol–water partition coefficient (Wildman–Crippen LogP) is 5.20. The highest BCUT2D eigenvalue weighted by Crippen LogP contribution is 2.25. The first-order valence-corrected chi connectivity index (χ1v) is 8.90. The largest absolute Gasteiger partial charge is 0.495 e. The van der Waals surface area contributed by atoms with Gasteiger partial charge in [0, 0.05) is 22.3 Å². The van der Waals surface area contributed by atoms with E-state index in [1.54, 1.807) is 42.3 Å². The minimum atomic E-state index is -0.409. The molecular formula is C19H18Cl2N4O2. The van der Waals surface area contributed by atoms with Crippen LogP contribution in [0.1, 0.15) is 11.1 Å². The predicted molar refractivity (Wildman–Crippen MR) is 108 cm³/mol. The van der Waals surface area contributed by atoms with Gasteiger partial charge in [-0.3, -0.25) is 10.00 Å². The first-order valence-electron chi connectivity index (χ1n) is 8.14. The standard InChI is InChI=1S/C19H18Cl2N4O2/c1-12-3-6-17(27-2)16(9-12)22-19(26)23-18-7-8-25(24-18)11-13-4-5-14(20)10-15(13)21/h3-10H,11H2,1-2H3,(H2,22,23,24,26). The van der Waals surface area contributed by atoms with E-state index < -0.39 is 6.03 Å². The lowest BCUT2D eigenvalue weighted by Crippen LogP contribution is -2.20. The SMILES string of the molecule is COc1ccc(C)cc1NC(=O)Nc1ccn(Cc2ccc(Cl)cc2Cl)n1. The first kappa shape index (κ1) is 19.1. The molecule has 8 heteroatoms. The number of methoxy groups -OCH3 is 1. The van der Waals surface area contributed by atoms with Crippen LogP contribution < -0.4 is 15.4 Å². The molecule has 0 radical (unpaired) electrons. The summed E-state index contributed by atoms with van der Waals surface area (Å²) in [4.78, 5) is 12.3. The van der Waals surface area contributed by atoms with Gasteiger partial charge in [-0.1, -0.05) is 35.3 Å². The van der Waals surface area contributed by atoms with Crippen LogP contribution >= 0.6 is 23.2 Å². The molecule has 0 saturated carbocycles. The second kappa shape index (κ2) is 8.33. The van der Waals surface area contributed by atoms with E-state index in [1.807, 2.05) is 25.1 Å². The van der Waals surface area contributed by atoms with Gasteiger partial charge in [0.25, 0.3) is 0 Å². The van der Waals surface area contributed by atoms with Gasteiger partial charge in [-0.25, -0.2) is 4.79 Å². The van der Waals surface area contributed by atoms with Gasteiger partial charge in [-0.15, -0.1) is 0 Å². The quantitative estimate of drug-likeness (QED) is 0.613. The van der Waals surface area contributed by atoms with E-state index in [2.05, 4.69) is 15.7 Å². The van der Waals surface area contributed by atoms with Crippen LogP contribution in [-0.4, -0.2) is 22.9 Å². The number of carbonyl (C=O) groups excluding carboxylic acids is 1. The van der Waals surface area contributed by atoms with Crippen LogP contribution in [0.2, 0.25) is 10.0 Å². The van der Waals surface area contributed by atoms with Crippen LogP contribution in [0.25, 0.3) is 0 Å². The van der Waals surface area contributed by atoms with E-state index in [1.165, 1.54) is 0 Å². The molecule has 0 unspecified atom stereocenters. The third-order valence-corrected chi connectivity index (χ3v) is 4.42. The molecule has 1 aromatic heterocycles. The van der Waals surface area contributed by atoms with Gasteiger partial charge in [0.15, 0.2) is 5.82 Å². The van der Waals surface area contributed by atoms with Crippen molar-refractivity contribution in [3.8, 4) is 5.75 Å². The van der Waals surface area contributed by atoms with Gasteiger partial charge in [-0.05, 0) is 42.3 Å². The molecule has 140 valence electrons. The number of halogens is 2. The average Bonchev–Trinajstić information content (AvgIpc) is 3.04. The highest BCUT2D eigenvalue weighted by Gasteiger charge is 2.10. The molecule has 3 aromatic rings. The number of aryl methyl sites for hydroxylation is 1. The first-order chi connectivity index (χ1) is 12.9. The number of carbonyl (C=O) groups is 1. The number of hydrogen-bond acceptors (Lipinski definition) is 3. The van der Waals surface area contributed by atoms with Gasteiger partial charge in [0.2, 0.25) is 0 Å². The third-order valence-electron chi connectivity index (χ3n) is 3.83. The second-order valence-electron chi connectivity index (χ2n) is 5.92. The summed E-state index contributed by atoms with van der Waals surface area (Å²) >= 11 is 12.1. The van der Waals surface area contributed by atoms with Crippen molar-refractivity contribution < 1.29 is 9.53 Å². The summed E-state index contributed by atoms with van der Waals surface area (Å²) in [6.07, 6.45) is 1.76. The lowest BCUT2D eigenvalue weighted by atomic mass is 10.2. The number of aromatic nitrogens is 2. The molecule has 2 N–H and O–H groups in total. The van der Waals surface area contributed by atoms with Crippen LogP contribution in [0.15, 0.2) is 48.7 Å². The van der Waals surface area contributed by atoms with Gasteiger partial charge >= 0.3 is 6.03 Å². The normalized spacial score (nSPS) is 10.5. The van der Waals surface area contributed by atoms with Crippen LogP contribution in [0.4, 0.5) is 16.3 Å². The summed E-state index contributed by atoms with van der Waals surface area (Å²) in [5.74, 6) is 1.00. The lowest BCUT2D eigenvalue weighted by molar-refractivity contribution is 0.262. The Hall–Kier alpha value is -2.70. The molecule has 0 aliphatic heterocycles. The highest BCUT2D eigenvalue weighted by molar-refractivity contribution is 6.35. The van der Waals surface area contributed by atoms with E-state index >= 15 is 0 Å². The van der Waals surface area contributed by atoms with E-state index in [9.17, 15) is 4.79 Å². The molecule has 0 saturated heterocycles. The summed E-state index contributed by atoms with van der Waals surface area (Å²) in [6, 6.07) is 12.1. The Kier molecular flexibility index (Phi) is 5.88. The number of hydrogen-bond donors (Lipinski definition) is 2. The fourth-order valence-electron chi connectivity index (χ4n) is 2.53. The van der Waals surface area contributed by atoms with Crippen molar-refractivity contribution in [3.05, 3.63) is 69.8 Å². The molecule has 2 amide bonds. The minimum Gasteiger partial charge on any atom is -0.495 e. The van der Waals surface area contributed by atoms with E-state index in [-0.39, 0.29) is 0 Å². The summed E-state index contributed by atoms with van der Waals surface area (Å²) < 4.78 is 6.94. The Morgan fingerprint density at radius 3 is 2.70 bits per heavy atom. The number of benzene rings is 2. The van der Waals surface area contributed by atoms with Gasteiger partial charge in [-0.2, -0.15) is 5.10 Å². The second-order valence-corrected chi connectivity index (χ2v) is 6.76. The van der Waals surface area contributed by atoms with Crippen molar-refractivity contribution in [1.29, 1.82) is 0 Å². The van der Waals surface area contributed by atoms with E-state index in [0.717, 1.165) is 11.1 Å². The maximum absolute atomic E-state index is 12.3. The maximum Gasteiger partial charge on any atom is 0.325 e. The molecular weight excluding hydrogens is 387 g/mol. The molecule has 0 atom stereocenters. The molecule has 2 aromatic carbocycles. The maximum atomic E-state index is 12.3. The summed E-state index contributed by atoms with van der Waals surface area (Å²) in [6.45, 7) is 2.40. The van der Waals surface area contributed by atoms with Crippen molar-refractivity contribution in [3.63, 3.8) is 0 Å². The number of nitrogens with one attached hydrogen (secondary N) is 2. The zero-order valence-corrected chi connectivity index (χ0v) is 16.3. The molecule has 0 spiro atoms. The van der Waals surface area contributed by atoms with Crippen molar-refractivity contribution in [2.75, 3.05) is 17.7 Å². The number of amides is 2. The van der Waals surface area contributed by atoms with Crippen molar-refractivity contribution >= 4 is 40.7 Å².